The van der Waals surface area contributed by atoms with Crippen molar-refractivity contribution in [1.29, 1.82) is 0 Å². The number of rotatable bonds is 7. The molecule has 3 aromatic rings. The standard InChI is InChI=1S/C17H22N4O2S2/c1-5-9(3)7-11-10(4)25-16-14(11)15(22)18-17(19-16)24-8-13-21-20-12(6-2)23-13/h9H,5-8H2,1-4H3,(H,18,19,22). The highest BCUT2D eigenvalue weighted by atomic mass is 32.2. The van der Waals surface area contributed by atoms with Gasteiger partial charge in [0.2, 0.25) is 11.8 Å². The Bertz CT molecular complexity index is 929. The van der Waals surface area contributed by atoms with Crippen molar-refractivity contribution in [1.82, 2.24) is 20.2 Å². The first kappa shape index (κ1) is 18.1. The number of aromatic nitrogens is 4. The van der Waals surface area contributed by atoms with Gasteiger partial charge in [-0.05, 0) is 24.8 Å². The predicted octanol–water partition coefficient (Wildman–Crippen LogP) is 4.12. The maximum absolute atomic E-state index is 12.6. The number of aromatic amines is 1. The third-order valence-corrected chi connectivity index (χ3v) is 6.13. The lowest BCUT2D eigenvalue weighted by Crippen LogP contribution is -2.11. The van der Waals surface area contributed by atoms with Crippen molar-refractivity contribution in [3.8, 4) is 0 Å². The van der Waals surface area contributed by atoms with Crippen LogP contribution in [0.15, 0.2) is 14.4 Å². The lowest BCUT2D eigenvalue weighted by Gasteiger charge is -2.08. The maximum atomic E-state index is 12.6. The van der Waals surface area contributed by atoms with E-state index in [1.54, 1.807) is 11.3 Å². The van der Waals surface area contributed by atoms with E-state index in [2.05, 4.69) is 40.9 Å². The molecule has 0 fully saturated rings. The van der Waals surface area contributed by atoms with Crippen LogP contribution in [0.4, 0.5) is 0 Å². The van der Waals surface area contributed by atoms with Gasteiger partial charge in [-0.25, -0.2) is 4.98 Å². The zero-order valence-electron chi connectivity index (χ0n) is 14.9. The quantitative estimate of drug-likeness (QED) is 0.492. The van der Waals surface area contributed by atoms with Crippen molar-refractivity contribution < 1.29 is 4.42 Å². The highest BCUT2D eigenvalue weighted by Crippen LogP contribution is 2.31. The molecule has 1 atom stereocenters. The molecule has 0 saturated carbocycles. The van der Waals surface area contributed by atoms with Gasteiger partial charge in [0.15, 0.2) is 5.16 Å². The number of nitrogens with one attached hydrogen (secondary N) is 1. The zero-order valence-corrected chi connectivity index (χ0v) is 16.5. The van der Waals surface area contributed by atoms with Gasteiger partial charge in [0, 0.05) is 11.3 Å². The smallest absolute Gasteiger partial charge is 0.260 e. The Morgan fingerprint density at radius 3 is 2.72 bits per heavy atom. The molecular formula is C17H22N4O2S2. The maximum Gasteiger partial charge on any atom is 0.260 e. The largest absolute Gasteiger partial charge is 0.424 e. The molecule has 0 aliphatic carbocycles. The third-order valence-electron chi connectivity index (χ3n) is 4.23. The molecule has 0 saturated heterocycles. The van der Waals surface area contributed by atoms with Gasteiger partial charge in [-0.1, -0.05) is 39.0 Å². The van der Waals surface area contributed by atoms with Crippen molar-refractivity contribution in [2.24, 2.45) is 5.92 Å². The number of fused-ring (bicyclic) bond motifs is 1. The van der Waals surface area contributed by atoms with Gasteiger partial charge >= 0.3 is 0 Å². The van der Waals surface area contributed by atoms with E-state index in [1.165, 1.54) is 16.6 Å². The Balaban J connectivity index is 1.85. The Morgan fingerprint density at radius 2 is 2.04 bits per heavy atom. The fourth-order valence-corrected chi connectivity index (χ4v) is 4.39. The Morgan fingerprint density at radius 1 is 1.28 bits per heavy atom. The number of aryl methyl sites for hydroxylation is 2. The summed E-state index contributed by atoms with van der Waals surface area (Å²) in [5.74, 6) is 2.21. The Labute approximate surface area is 154 Å². The molecule has 3 aromatic heterocycles. The fourth-order valence-electron chi connectivity index (χ4n) is 2.58. The van der Waals surface area contributed by atoms with E-state index < -0.39 is 0 Å². The summed E-state index contributed by atoms with van der Waals surface area (Å²) >= 11 is 3.00. The monoisotopic (exact) mass is 378 g/mol. The summed E-state index contributed by atoms with van der Waals surface area (Å²) in [6.45, 7) is 8.42. The van der Waals surface area contributed by atoms with Crippen LogP contribution in [0, 0.1) is 12.8 Å². The lowest BCUT2D eigenvalue weighted by molar-refractivity contribution is 0.470. The van der Waals surface area contributed by atoms with E-state index in [0.717, 1.165) is 28.6 Å². The molecule has 1 unspecified atom stereocenters. The number of H-pyrrole nitrogens is 1. The summed E-state index contributed by atoms with van der Waals surface area (Å²) in [6.07, 6.45) is 2.73. The summed E-state index contributed by atoms with van der Waals surface area (Å²) in [5.41, 5.74) is 1.08. The van der Waals surface area contributed by atoms with Crippen molar-refractivity contribution >= 4 is 33.3 Å². The van der Waals surface area contributed by atoms with E-state index >= 15 is 0 Å². The molecule has 0 aliphatic rings. The van der Waals surface area contributed by atoms with Gasteiger partial charge < -0.3 is 9.40 Å². The summed E-state index contributed by atoms with van der Waals surface area (Å²) in [6, 6.07) is 0. The molecule has 0 radical (unpaired) electrons. The summed E-state index contributed by atoms with van der Waals surface area (Å²) in [7, 11) is 0. The highest BCUT2D eigenvalue weighted by molar-refractivity contribution is 7.98. The molecule has 1 N–H and O–H groups in total. The average molecular weight is 379 g/mol. The minimum atomic E-state index is -0.0603. The van der Waals surface area contributed by atoms with E-state index in [9.17, 15) is 4.79 Å². The van der Waals surface area contributed by atoms with Crippen LogP contribution in [-0.4, -0.2) is 20.2 Å². The molecule has 3 heterocycles. The summed E-state index contributed by atoms with van der Waals surface area (Å²) in [5, 5.41) is 9.27. The third kappa shape index (κ3) is 3.95. The topological polar surface area (TPSA) is 84.7 Å². The molecule has 0 aliphatic heterocycles. The first-order valence-electron chi connectivity index (χ1n) is 8.48. The number of nitrogens with zero attached hydrogens (tertiary/aromatic N) is 3. The molecule has 6 nitrogen and oxygen atoms in total. The number of thioether (sulfide) groups is 1. The van der Waals surface area contributed by atoms with Crippen LogP contribution < -0.4 is 5.56 Å². The van der Waals surface area contributed by atoms with Gasteiger partial charge in [0.1, 0.15) is 4.83 Å². The van der Waals surface area contributed by atoms with Crippen molar-refractivity contribution in [2.45, 2.75) is 57.9 Å². The normalized spacial score (nSPS) is 12.8. The van der Waals surface area contributed by atoms with Crippen molar-refractivity contribution in [3.05, 3.63) is 32.6 Å². The molecule has 0 spiro atoms. The molecule has 3 rings (SSSR count). The van der Waals surface area contributed by atoms with Crippen molar-refractivity contribution in [3.63, 3.8) is 0 Å². The second kappa shape index (κ2) is 7.70. The number of thiophene rings is 1. The Hall–Kier alpha value is -1.67. The van der Waals surface area contributed by atoms with Gasteiger partial charge in [0.05, 0.1) is 11.1 Å². The van der Waals surface area contributed by atoms with Crippen molar-refractivity contribution in [2.75, 3.05) is 0 Å². The molecule has 0 bridgehead atoms. The summed E-state index contributed by atoms with van der Waals surface area (Å²) < 4.78 is 5.49. The SMILES string of the molecule is CCc1nnc(CSc2nc3sc(C)c(CC(C)CC)c3c(=O)[nH]2)o1. The average Bonchev–Trinajstić information content (AvgIpc) is 3.17. The van der Waals surface area contributed by atoms with Gasteiger partial charge in [-0.15, -0.1) is 21.5 Å². The van der Waals surface area contributed by atoms with Crippen LogP contribution in [0.3, 0.4) is 0 Å². The highest BCUT2D eigenvalue weighted by Gasteiger charge is 2.17. The second-order valence-corrected chi connectivity index (χ2v) is 8.30. The minimum Gasteiger partial charge on any atom is -0.424 e. The second-order valence-electron chi connectivity index (χ2n) is 6.14. The Kier molecular flexibility index (Phi) is 5.58. The molecule has 8 heteroatoms. The number of hydrogen-bond acceptors (Lipinski definition) is 7. The van der Waals surface area contributed by atoms with Crippen LogP contribution in [0.2, 0.25) is 0 Å². The zero-order chi connectivity index (χ0) is 18.0. The van der Waals surface area contributed by atoms with Crippen LogP contribution in [0.5, 0.6) is 0 Å². The van der Waals surface area contributed by atoms with E-state index in [1.807, 2.05) is 6.92 Å². The molecule has 0 amide bonds. The first-order chi connectivity index (χ1) is 12.0. The van der Waals surface area contributed by atoms with Crippen LogP contribution >= 0.6 is 23.1 Å². The molecule has 25 heavy (non-hydrogen) atoms. The fraction of sp³-hybridized carbons (Fsp3) is 0.529. The molecular weight excluding hydrogens is 356 g/mol. The van der Waals surface area contributed by atoms with Gasteiger partial charge in [0.25, 0.3) is 5.56 Å². The molecule has 0 aromatic carbocycles. The first-order valence-corrected chi connectivity index (χ1v) is 10.3. The molecule has 134 valence electrons. The van der Waals surface area contributed by atoms with E-state index in [0.29, 0.717) is 35.0 Å². The van der Waals surface area contributed by atoms with Crippen LogP contribution in [0.25, 0.3) is 10.2 Å². The number of hydrogen-bond donors (Lipinski definition) is 1. The van der Waals surface area contributed by atoms with Gasteiger partial charge in [-0.2, -0.15) is 0 Å². The van der Waals surface area contributed by atoms with E-state index in [4.69, 9.17) is 4.42 Å². The minimum absolute atomic E-state index is 0.0603. The predicted molar refractivity (Wildman–Crippen MR) is 101 cm³/mol. The van der Waals surface area contributed by atoms with E-state index in [-0.39, 0.29) is 5.56 Å². The van der Waals surface area contributed by atoms with Gasteiger partial charge in [-0.3, -0.25) is 4.79 Å². The summed E-state index contributed by atoms with van der Waals surface area (Å²) in [4.78, 5) is 22.1. The lowest BCUT2D eigenvalue weighted by atomic mass is 9.98. The van der Waals surface area contributed by atoms with Crippen LogP contribution in [-0.2, 0) is 18.6 Å². The van der Waals surface area contributed by atoms with Crippen LogP contribution in [0.1, 0.15) is 49.4 Å².